The highest BCUT2D eigenvalue weighted by atomic mass is 16.5. The Morgan fingerprint density at radius 3 is 2.44 bits per heavy atom. The standard InChI is InChI=1S/C15H28N2O/c1-11(12-6-7-18-10-12)17-14-4-3-5-15(17)9-13(8-14)16-2/h11-16H,3-10H2,1-2H3. The molecule has 3 saturated heterocycles. The summed E-state index contributed by atoms with van der Waals surface area (Å²) in [5.41, 5.74) is 0. The lowest BCUT2D eigenvalue weighted by Crippen LogP contribution is -2.60. The summed E-state index contributed by atoms with van der Waals surface area (Å²) < 4.78 is 5.59. The van der Waals surface area contributed by atoms with Crippen LogP contribution in [0.15, 0.2) is 0 Å². The Morgan fingerprint density at radius 1 is 1.17 bits per heavy atom. The van der Waals surface area contributed by atoms with E-state index in [-0.39, 0.29) is 0 Å². The number of rotatable bonds is 3. The van der Waals surface area contributed by atoms with Crippen LogP contribution in [0.1, 0.15) is 45.4 Å². The average molecular weight is 252 g/mol. The summed E-state index contributed by atoms with van der Waals surface area (Å²) >= 11 is 0. The first-order valence-corrected chi connectivity index (χ1v) is 7.82. The molecule has 3 rings (SSSR count). The maximum Gasteiger partial charge on any atom is 0.0509 e. The van der Waals surface area contributed by atoms with Crippen molar-refractivity contribution in [3.8, 4) is 0 Å². The van der Waals surface area contributed by atoms with Crippen molar-refractivity contribution in [2.24, 2.45) is 5.92 Å². The van der Waals surface area contributed by atoms with E-state index < -0.39 is 0 Å². The van der Waals surface area contributed by atoms with E-state index in [1.165, 1.54) is 38.5 Å². The van der Waals surface area contributed by atoms with Crippen molar-refractivity contribution in [3.05, 3.63) is 0 Å². The molecule has 0 amide bonds. The third-order valence-corrected chi connectivity index (χ3v) is 5.56. The maximum absolute atomic E-state index is 5.59. The molecule has 18 heavy (non-hydrogen) atoms. The van der Waals surface area contributed by atoms with Crippen LogP contribution in [0.5, 0.6) is 0 Å². The van der Waals surface area contributed by atoms with Crippen molar-refractivity contribution in [2.45, 2.75) is 69.6 Å². The lowest BCUT2D eigenvalue weighted by Gasteiger charge is -2.52. The normalized spacial score (nSPS) is 43.0. The molecule has 2 bridgehead atoms. The van der Waals surface area contributed by atoms with E-state index in [1.807, 2.05) is 0 Å². The smallest absolute Gasteiger partial charge is 0.0509 e. The van der Waals surface area contributed by atoms with Crippen LogP contribution in [0.25, 0.3) is 0 Å². The maximum atomic E-state index is 5.59. The third kappa shape index (κ3) is 2.33. The zero-order valence-corrected chi connectivity index (χ0v) is 11.9. The molecule has 3 heterocycles. The summed E-state index contributed by atoms with van der Waals surface area (Å²) in [5, 5.41) is 3.51. The van der Waals surface area contributed by atoms with E-state index in [0.717, 1.165) is 43.3 Å². The van der Waals surface area contributed by atoms with Gasteiger partial charge in [-0.3, -0.25) is 4.90 Å². The predicted octanol–water partition coefficient (Wildman–Crippen LogP) is 2.02. The lowest BCUT2D eigenvalue weighted by molar-refractivity contribution is -0.0239. The highest BCUT2D eigenvalue weighted by Gasteiger charge is 2.42. The SMILES string of the molecule is CNC1CC2CCCC(C1)N2C(C)C1CCOC1. The fourth-order valence-corrected chi connectivity index (χ4v) is 4.50. The van der Waals surface area contributed by atoms with Crippen molar-refractivity contribution < 1.29 is 4.74 Å². The van der Waals surface area contributed by atoms with E-state index in [0.29, 0.717) is 0 Å². The molecule has 4 atom stereocenters. The van der Waals surface area contributed by atoms with E-state index in [1.54, 1.807) is 0 Å². The molecule has 3 heteroatoms. The van der Waals surface area contributed by atoms with Crippen molar-refractivity contribution >= 4 is 0 Å². The van der Waals surface area contributed by atoms with Gasteiger partial charge in [-0.15, -0.1) is 0 Å². The molecule has 0 saturated carbocycles. The van der Waals surface area contributed by atoms with Crippen molar-refractivity contribution in [1.82, 2.24) is 10.2 Å². The molecule has 0 aromatic rings. The second kappa shape index (κ2) is 5.48. The molecule has 0 radical (unpaired) electrons. The van der Waals surface area contributed by atoms with Gasteiger partial charge >= 0.3 is 0 Å². The first-order valence-electron chi connectivity index (χ1n) is 7.82. The van der Waals surface area contributed by atoms with Crippen LogP contribution in [-0.2, 0) is 4.74 Å². The van der Waals surface area contributed by atoms with Crippen LogP contribution in [0.4, 0.5) is 0 Å². The van der Waals surface area contributed by atoms with Gasteiger partial charge in [-0.25, -0.2) is 0 Å². The summed E-state index contributed by atoms with van der Waals surface area (Å²) in [4.78, 5) is 2.87. The number of ether oxygens (including phenoxy) is 1. The lowest BCUT2D eigenvalue weighted by atomic mass is 9.79. The molecule has 104 valence electrons. The fraction of sp³-hybridized carbons (Fsp3) is 1.00. The van der Waals surface area contributed by atoms with Crippen LogP contribution < -0.4 is 5.32 Å². The Balaban J connectivity index is 1.70. The number of piperidine rings is 2. The monoisotopic (exact) mass is 252 g/mol. The minimum Gasteiger partial charge on any atom is -0.381 e. The molecule has 0 spiro atoms. The Bertz CT molecular complexity index is 264. The summed E-state index contributed by atoms with van der Waals surface area (Å²) in [7, 11) is 2.13. The van der Waals surface area contributed by atoms with Gasteiger partial charge in [0.15, 0.2) is 0 Å². The Kier molecular flexibility index (Phi) is 3.92. The van der Waals surface area contributed by atoms with Gasteiger partial charge in [-0.1, -0.05) is 6.42 Å². The first-order chi connectivity index (χ1) is 8.79. The van der Waals surface area contributed by atoms with E-state index >= 15 is 0 Å². The van der Waals surface area contributed by atoms with Gasteiger partial charge in [0.2, 0.25) is 0 Å². The largest absolute Gasteiger partial charge is 0.381 e. The fourth-order valence-electron chi connectivity index (χ4n) is 4.50. The van der Waals surface area contributed by atoms with Crippen LogP contribution in [0.2, 0.25) is 0 Å². The predicted molar refractivity (Wildman–Crippen MR) is 73.7 cm³/mol. The Morgan fingerprint density at radius 2 is 1.89 bits per heavy atom. The van der Waals surface area contributed by atoms with Gasteiger partial charge in [0.1, 0.15) is 0 Å². The van der Waals surface area contributed by atoms with Crippen LogP contribution in [0, 0.1) is 5.92 Å². The molecule has 1 N–H and O–H groups in total. The zero-order valence-electron chi connectivity index (χ0n) is 11.9. The van der Waals surface area contributed by atoms with Crippen molar-refractivity contribution in [3.63, 3.8) is 0 Å². The summed E-state index contributed by atoms with van der Waals surface area (Å²) in [6.45, 7) is 4.42. The number of hydrogen-bond donors (Lipinski definition) is 1. The quantitative estimate of drug-likeness (QED) is 0.831. The van der Waals surface area contributed by atoms with E-state index in [4.69, 9.17) is 4.74 Å². The minimum absolute atomic E-state index is 0.723. The van der Waals surface area contributed by atoms with Crippen LogP contribution in [0.3, 0.4) is 0 Å². The van der Waals surface area contributed by atoms with Gasteiger partial charge in [0, 0.05) is 30.8 Å². The number of nitrogens with zero attached hydrogens (tertiary/aromatic N) is 1. The van der Waals surface area contributed by atoms with Gasteiger partial charge in [0.25, 0.3) is 0 Å². The second-order valence-corrected chi connectivity index (χ2v) is 6.51. The Hall–Kier alpha value is -0.120. The van der Waals surface area contributed by atoms with Crippen LogP contribution in [-0.4, -0.2) is 49.3 Å². The van der Waals surface area contributed by atoms with Gasteiger partial charge in [0.05, 0.1) is 6.61 Å². The second-order valence-electron chi connectivity index (χ2n) is 6.51. The summed E-state index contributed by atoms with van der Waals surface area (Å²) in [6.07, 6.45) is 8.23. The molecular formula is C15H28N2O. The summed E-state index contributed by atoms with van der Waals surface area (Å²) in [5.74, 6) is 0.777. The molecular weight excluding hydrogens is 224 g/mol. The molecule has 4 unspecified atom stereocenters. The van der Waals surface area contributed by atoms with Crippen molar-refractivity contribution in [2.75, 3.05) is 20.3 Å². The molecule has 0 aromatic heterocycles. The van der Waals surface area contributed by atoms with Gasteiger partial charge < -0.3 is 10.1 Å². The van der Waals surface area contributed by atoms with E-state index in [9.17, 15) is 0 Å². The number of hydrogen-bond acceptors (Lipinski definition) is 3. The molecule has 0 aliphatic carbocycles. The molecule has 3 nitrogen and oxygen atoms in total. The highest BCUT2D eigenvalue weighted by molar-refractivity contribution is 4.98. The molecule has 3 fully saturated rings. The van der Waals surface area contributed by atoms with Gasteiger partial charge in [-0.05, 0) is 52.0 Å². The molecule has 3 aliphatic rings. The first kappa shape index (κ1) is 12.9. The average Bonchev–Trinajstić information content (AvgIpc) is 2.90. The van der Waals surface area contributed by atoms with Gasteiger partial charge in [-0.2, -0.15) is 0 Å². The van der Waals surface area contributed by atoms with Crippen LogP contribution >= 0.6 is 0 Å². The molecule has 3 aliphatic heterocycles. The van der Waals surface area contributed by atoms with Crippen molar-refractivity contribution in [1.29, 1.82) is 0 Å². The minimum atomic E-state index is 0.723. The van der Waals surface area contributed by atoms with E-state index in [2.05, 4.69) is 24.2 Å². The third-order valence-electron chi connectivity index (χ3n) is 5.56. The number of fused-ring (bicyclic) bond motifs is 2. The topological polar surface area (TPSA) is 24.5 Å². The summed E-state index contributed by atoms with van der Waals surface area (Å²) in [6, 6.07) is 3.13. The molecule has 0 aromatic carbocycles. The highest BCUT2D eigenvalue weighted by Crippen LogP contribution is 2.38. The zero-order chi connectivity index (χ0) is 12.5. The Labute approximate surface area is 111 Å². The number of nitrogens with one attached hydrogen (secondary N) is 1.